The lowest BCUT2D eigenvalue weighted by molar-refractivity contribution is 0.139. The quantitative estimate of drug-likeness (QED) is 0.775. The molecule has 0 bridgehead atoms. The third kappa shape index (κ3) is 4.03. The maximum absolute atomic E-state index is 11.5. The Morgan fingerprint density at radius 2 is 2.12 bits per heavy atom. The second kappa shape index (κ2) is 5.98. The molecule has 0 radical (unpaired) electrons. The van der Waals surface area contributed by atoms with Crippen molar-refractivity contribution in [2.75, 3.05) is 24.6 Å². The van der Waals surface area contributed by atoms with Crippen molar-refractivity contribution < 1.29 is 8.42 Å². The second-order valence-electron chi connectivity index (χ2n) is 4.69. The normalized spacial score (nSPS) is 25.6. The first-order valence-corrected chi connectivity index (χ1v) is 7.98. The summed E-state index contributed by atoms with van der Waals surface area (Å²) in [5.74, 6) is 0.510. The van der Waals surface area contributed by atoms with Crippen molar-refractivity contribution in [2.45, 2.75) is 45.2 Å². The molecule has 0 aromatic carbocycles. The van der Waals surface area contributed by atoms with Crippen LogP contribution in [0.1, 0.15) is 33.1 Å². The van der Waals surface area contributed by atoms with Crippen molar-refractivity contribution in [3.05, 3.63) is 0 Å². The molecule has 0 amide bonds. The summed E-state index contributed by atoms with van der Waals surface area (Å²) >= 11 is 0. The number of piperidine rings is 1. The highest BCUT2D eigenvalue weighted by molar-refractivity contribution is 7.91. The molecule has 1 aliphatic heterocycles. The van der Waals surface area contributed by atoms with Crippen molar-refractivity contribution in [2.24, 2.45) is 5.73 Å². The Bertz CT molecular complexity index is 301. The Kier molecular flexibility index (Phi) is 5.21. The van der Waals surface area contributed by atoms with Gasteiger partial charge in [0.1, 0.15) is 0 Å². The number of nitrogens with two attached hydrogens (primary N) is 1. The molecule has 1 fully saturated rings. The standard InChI is InChI=1S/C11H24N2O2S/c1-3-16(14,15)9-8-13-7-5-4-6-11(13)10(2)12/h10-11H,3-9,12H2,1-2H3. The molecule has 1 heterocycles. The van der Waals surface area contributed by atoms with Crippen molar-refractivity contribution in [1.29, 1.82) is 0 Å². The van der Waals surface area contributed by atoms with Crippen LogP contribution in [0.2, 0.25) is 0 Å². The zero-order valence-corrected chi connectivity index (χ0v) is 11.2. The predicted molar refractivity (Wildman–Crippen MR) is 67.2 cm³/mol. The monoisotopic (exact) mass is 248 g/mol. The summed E-state index contributed by atoms with van der Waals surface area (Å²) in [6, 6.07) is 0.491. The minimum Gasteiger partial charge on any atom is -0.327 e. The fourth-order valence-corrected chi connectivity index (χ4v) is 3.09. The second-order valence-corrected chi connectivity index (χ2v) is 7.17. The molecule has 5 heteroatoms. The van der Waals surface area contributed by atoms with Gasteiger partial charge in [-0.3, -0.25) is 4.90 Å². The lowest BCUT2D eigenvalue weighted by Gasteiger charge is -2.37. The fourth-order valence-electron chi connectivity index (χ4n) is 2.29. The van der Waals surface area contributed by atoms with Gasteiger partial charge in [0.2, 0.25) is 0 Å². The molecule has 1 rings (SSSR count). The van der Waals surface area contributed by atoms with Crippen LogP contribution in [-0.2, 0) is 9.84 Å². The van der Waals surface area contributed by atoms with Gasteiger partial charge in [-0.25, -0.2) is 8.42 Å². The number of hydrogen-bond acceptors (Lipinski definition) is 4. The van der Waals surface area contributed by atoms with Gasteiger partial charge in [0.15, 0.2) is 9.84 Å². The van der Waals surface area contributed by atoms with Crippen LogP contribution in [0.3, 0.4) is 0 Å². The first-order chi connectivity index (χ1) is 7.46. The SMILES string of the molecule is CCS(=O)(=O)CCN1CCCCC1C(C)N. The number of rotatable bonds is 5. The van der Waals surface area contributed by atoms with E-state index in [1.807, 2.05) is 6.92 Å². The molecule has 0 aliphatic carbocycles. The highest BCUT2D eigenvalue weighted by Crippen LogP contribution is 2.18. The Hall–Kier alpha value is -0.130. The Morgan fingerprint density at radius 1 is 1.44 bits per heavy atom. The lowest BCUT2D eigenvalue weighted by Crippen LogP contribution is -2.50. The Balaban J connectivity index is 2.50. The van der Waals surface area contributed by atoms with Crippen LogP contribution < -0.4 is 5.73 Å². The lowest BCUT2D eigenvalue weighted by atomic mass is 9.97. The maximum atomic E-state index is 11.5. The first kappa shape index (κ1) is 13.9. The summed E-state index contributed by atoms with van der Waals surface area (Å²) in [6.45, 7) is 5.35. The van der Waals surface area contributed by atoms with E-state index in [-0.39, 0.29) is 17.5 Å². The minimum atomic E-state index is -2.85. The van der Waals surface area contributed by atoms with E-state index < -0.39 is 9.84 Å². The Morgan fingerprint density at radius 3 is 2.69 bits per heavy atom. The zero-order valence-electron chi connectivity index (χ0n) is 10.4. The molecule has 2 unspecified atom stereocenters. The van der Waals surface area contributed by atoms with E-state index in [1.54, 1.807) is 6.92 Å². The summed E-state index contributed by atoms with van der Waals surface area (Å²) in [5, 5.41) is 0. The average Bonchev–Trinajstić information content (AvgIpc) is 2.27. The maximum Gasteiger partial charge on any atom is 0.151 e. The van der Waals surface area contributed by atoms with Gasteiger partial charge >= 0.3 is 0 Å². The minimum absolute atomic E-state index is 0.129. The van der Waals surface area contributed by atoms with Crippen LogP contribution in [0.25, 0.3) is 0 Å². The number of likely N-dealkylation sites (tertiary alicyclic amines) is 1. The number of hydrogen-bond donors (Lipinski definition) is 1. The summed E-state index contributed by atoms with van der Waals surface area (Å²) in [6.07, 6.45) is 3.47. The van der Waals surface area contributed by atoms with Gasteiger partial charge in [-0.2, -0.15) is 0 Å². The van der Waals surface area contributed by atoms with Gasteiger partial charge in [0.25, 0.3) is 0 Å². The van der Waals surface area contributed by atoms with E-state index in [4.69, 9.17) is 5.73 Å². The zero-order chi connectivity index (χ0) is 12.2. The highest BCUT2D eigenvalue weighted by Gasteiger charge is 2.25. The molecule has 0 aromatic rings. The van der Waals surface area contributed by atoms with Crippen molar-refractivity contribution in [3.63, 3.8) is 0 Å². The third-order valence-electron chi connectivity index (χ3n) is 3.40. The van der Waals surface area contributed by atoms with Gasteiger partial charge < -0.3 is 5.73 Å². The average molecular weight is 248 g/mol. The van der Waals surface area contributed by atoms with Gasteiger partial charge in [0.05, 0.1) is 5.75 Å². The van der Waals surface area contributed by atoms with Crippen LogP contribution >= 0.6 is 0 Å². The topological polar surface area (TPSA) is 63.4 Å². The number of nitrogens with zero attached hydrogens (tertiary/aromatic N) is 1. The van der Waals surface area contributed by atoms with Gasteiger partial charge in [-0.1, -0.05) is 13.3 Å². The van der Waals surface area contributed by atoms with E-state index in [0.29, 0.717) is 12.6 Å². The summed E-state index contributed by atoms with van der Waals surface area (Å²) in [5.41, 5.74) is 5.94. The van der Waals surface area contributed by atoms with E-state index in [1.165, 1.54) is 6.42 Å². The molecule has 0 aromatic heterocycles. The molecular weight excluding hydrogens is 224 g/mol. The van der Waals surface area contributed by atoms with Crippen molar-refractivity contribution in [3.8, 4) is 0 Å². The number of sulfone groups is 1. The van der Waals surface area contributed by atoms with E-state index in [0.717, 1.165) is 19.4 Å². The third-order valence-corrected chi connectivity index (χ3v) is 5.08. The summed E-state index contributed by atoms with van der Waals surface area (Å²) in [4.78, 5) is 2.25. The molecule has 2 atom stereocenters. The molecule has 4 nitrogen and oxygen atoms in total. The van der Waals surface area contributed by atoms with Gasteiger partial charge in [0, 0.05) is 24.4 Å². The van der Waals surface area contributed by atoms with Crippen molar-refractivity contribution in [1.82, 2.24) is 4.90 Å². The van der Waals surface area contributed by atoms with Crippen LogP contribution in [0.15, 0.2) is 0 Å². The van der Waals surface area contributed by atoms with E-state index in [9.17, 15) is 8.42 Å². The van der Waals surface area contributed by atoms with Crippen molar-refractivity contribution >= 4 is 9.84 Å². The largest absolute Gasteiger partial charge is 0.327 e. The van der Waals surface area contributed by atoms with E-state index >= 15 is 0 Å². The van der Waals surface area contributed by atoms with Crippen LogP contribution in [0, 0.1) is 0 Å². The van der Waals surface area contributed by atoms with Crippen LogP contribution in [0.5, 0.6) is 0 Å². The predicted octanol–water partition coefficient (Wildman–Crippen LogP) is 0.623. The summed E-state index contributed by atoms with van der Waals surface area (Å²) in [7, 11) is -2.85. The molecule has 1 saturated heterocycles. The Labute approximate surface area is 99.1 Å². The molecule has 0 saturated carbocycles. The molecule has 96 valence electrons. The molecule has 2 N–H and O–H groups in total. The van der Waals surface area contributed by atoms with E-state index in [2.05, 4.69) is 4.90 Å². The van der Waals surface area contributed by atoms with Crippen LogP contribution in [0.4, 0.5) is 0 Å². The molecule has 1 aliphatic rings. The molecule has 0 spiro atoms. The fraction of sp³-hybridized carbons (Fsp3) is 1.00. The van der Waals surface area contributed by atoms with Gasteiger partial charge in [-0.15, -0.1) is 0 Å². The molecular formula is C11H24N2O2S. The van der Waals surface area contributed by atoms with Gasteiger partial charge in [-0.05, 0) is 26.3 Å². The smallest absolute Gasteiger partial charge is 0.151 e. The first-order valence-electron chi connectivity index (χ1n) is 6.16. The summed E-state index contributed by atoms with van der Waals surface area (Å²) < 4.78 is 22.9. The highest BCUT2D eigenvalue weighted by atomic mass is 32.2. The molecule has 16 heavy (non-hydrogen) atoms. The van der Waals surface area contributed by atoms with Crippen LogP contribution in [-0.4, -0.2) is 50.0 Å².